The quantitative estimate of drug-likeness (QED) is 0.682. The van der Waals surface area contributed by atoms with Gasteiger partial charge in [-0.25, -0.2) is 0 Å². The summed E-state index contributed by atoms with van der Waals surface area (Å²) in [7, 11) is 0. The second kappa shape index (κ2) is 3.98. The summed E-state index contributed by atoms with van der Waals surface area (Å²) >= 11 is 0. The minimum absolute atomic E-state index is 0.153. The second-order valence-electron chi connectivity index (χ2n) is 3.88. The number of β-amino-alcohol motifs (C(OH)–C–C–N with tert-alkyl or cyclic N) is 1. The number of nitrogen functional groups attached to an aromatic ring is 1. The van der Waals surface area contributed by atoms with Crippen LogP contribution in [0.5, 0.6) is 0 Å². The molecule has 1 aromatic rings. The summed E-state index contributed by atoms with van der Waals surface area (Å²) in [5.74, 6) is 0. The van der Waals surface area contributed by atoms with Crippen molar-refractivity contribution in [3.05, 3.63) is 29.8 Å². The Hall–Kier alpha value is -1.06. The molecule has 0 bridgehead atoms. The first-order chi connectivity index (χ1) is 6.75. The van der Waals surface area contributed by atoms with Crippen molar-refractivity contribution in [1.29, 1.82) is 0 Å². The van der Waals surface area contributed by atoms with Gasteiger partial charge in [0.15, 0.2) is 0 Å². The summed E-state index contributed by atoms with van der Waals surface area (Å²) in [4.78, 5) is 2.23. The van der Waals surface area contributed by atoms with E-state index in [9.17, 15) is 5.11 Å². The molecule has 0 saturated carbocycles. The predicted octanol–water partition coefficient (Wildman–Crippen LogP) is 0.835. The molecular weight excluding hydrogens is 176 g/mol. The summed E-state index contributed by atoms with van der Waals surface area (Å²) in [5.41, 5.74) is 7.84. The number of nitrogens with zero attached hydrogens (tertiary/aromatic N) is 1. The smallest absolute Gasteiger partial charge is 0.0679 e. The number of nitrogens with two attached hydrogens (primary N) is 1. The van der Waals surface area contributed by atoms with Crippen molar-refractivity contribution in [3.8, 4) is 0 Å². The van der Waals surface area contributed by atoms with Crippen LogP contribution >= 0.6 is 0 Å². The summed E-state index contributed by atoms with van der Waals surface area (Å²) < 4.78 is 0. The minimum Gasteiger partial charge on any atom is -0.398 e. The topological polar surface area (TPSA) is 49.5 Å². The Bertz CT molecular complexity index is 314. The van der Waals surface area contributed by atoms with Crippen LogP contribution < -0.4 is 5.73 Å². The van der Waals surface area contributed by atoms with E-state index < -0.39 is 0 Å². The van der Waals surface area contributed by atoms with E-state index >= 15 is 0 Å². The Balaban J connectivity index is 2.01. The first-order valence-electron chi connectivity index (χ1n) is 4.99. The van der Waals surface area contributed by atoms with Crippen molar-refractivity contribution in [3.63, 3.8) is 0 Å². The molecule has 76 valence electrons. The van der Waals surface area contributed by atoms with Gasteiger partial charge in [0.25, 0.3) is 0 Å². The van der Waals surface area contributed by atoms with Crippen LogP contribution in [0.1, 0.15) is 12.0 Å². The van der Waals surface area contributed by atoms with E-state index in [-0.39, 0.29) is 6.10 Å². The zero-order valence-electron chi connectivity index (χ0n) is 8.19. The summed E-state index contributed by atoms with van der Waals surface area (Å²) in [6, 6.07) is 7.90. The number of benzene rings is 1. The van der Waals surface area contributed by atoms with Crippen LogP contribution in [-0.2, 0) is 6.54 Å². The Morgan fingerprint density at radius 1 is 1.43 bits per heavy atom. The van der Waals surface area contributed by atoms with E-state index in [1.807, 2.05) is 24.3 Å². The van der Waals surface area contributed by atoms with Gasteiger partial charge in [-0.3, -0.25) is 4.90 Å². The van der Waals surface area contributed by atoms with E-state index in [4.69, 9.17) is 5.73 Å². The van der Waals surface area contributed by atoms with E-state index in [2.05, 4.69) is 4.90 Å². The third kappa shape index (κ3) is 2.05. The van der Waals surface area contributed by atoms with Gasteiger partial charge in [-0.1, -0.05) is 18.2 Å². The minimum atomic E-state index is -0.153. The van der Waals surface area contributed by atoms with Crippen LogP contribution in [0, 0.1) is 0 Å². The van der Waals surface area contributed by atoms with Gasteiger partial charge in [-0.2, -0.15) is 0 Å². The highest BCUT2D eigenvalue weighted by Gasteiger charge is 2.20. The molecule has 14 heavy (non-hydrogen) atoms. The van der Waals surface area contributed by atoms with Crippen LogP contribution in [-0.4, -0.2) is 29.2 Å². The number of rotatable bonds is 2. The average Bonchev–Trinajstić information content (AvgIpc) is 2.56. The molecule has 2 rings (SSSR count). The molecule has 1 unspecified atom stereocenters. The largest absolute Gasteiger partial charge is 0.398 e. The fraction of sp³-hybridized carbons (Fsp3) is 0.455. The molecule has 1 saturated heterocycles. The lowest BCUT2D eigenvalue weighted by Crippen LogP contribution is -2.21. The molecular formula is C11H16N2O. The third-order valence-corrected chi connectivity index (χ3v) is 2.70. The second-order valence-corrected chi connectivity index (χ2v) is 3.88. The molecule has 1 heterocycles. The average molecular weight is 192 g/mol. The highest BCUT2D eigenvalue weighted by Crippen LogP contribution is 2.17. The van der Waals surface area contributed by atoms with Crippen molar-refractivity contribution in [2.24, 2.45) is 0 Å². The molecule has 1 aliphatic heterocycles. The monoisotopic (exact) mass is 192 g/mol. The molecule has 1 atom stereocenters. The van der Waals surface area contributed by atoms with E-state index in [1.165, 1.54) is 0 Å². The SMILES string of the molecule is Nc1ccccc1CN1CCC(O)C1. The van der Waals surface area contributed by atoms with Gasteiger partial charge in [0.1, 0.15) is 0 Å². The standard InChI is InChI=1S/C11H16N2O/c12-11-4-2-1-3-9(11)7-13-6-5-10(14)8-13/h1-4,10,14H,5-8,12H2. The third-order valence-electron chi connectivity index (χ3n) is 2.70. The summed E-state index contributed by atoms with van der Waals surface area (Å²) in [6.07, 6.45) is 0.729. The number of para-hydroxylation sites is 1. The first kappa shape index (κ1) is 9.49. The molecule has 0 aliphatic carbocycles. The zero-order valence-corrected chi connectivity index (χ0v) is 8.19. The maximum atomic E-state index is 9.37. The van der Waals surface area contributed by atoms with Gasteiger partial charge in [-0.05, 0) is 18.1 Å². The molecule has 0 aromatic heterocycles. The first-order valence-corrected chi connectivity index (χ1v) is 4.99. The Labute approximate surface area is 84.1 Å². The Kier molecular flexibility index (Phi) is 2.70. The van der Waals surface area contributed by atoms with E-state index in [0.717, 1.165) is 37.3 Å². The molecule has 1 aliphatic rings. The molecule has 0 amide bonds. The predicted molar refractivity (Wildman–Crippen MR) is 56.8 cm³/mol. The van der Waals surface area contributed by atoms with Crippen molar-refractivity contribution in [2.45, 2.75) is 19.1 Å². The number of aliphatic hydroxyl groups excluding tert-OH is 1. The lowest BCUT2D eigenvalue weighted by atomic mass is 10.2. The Morgan fingerprint density at radius 2 is 2.21 bits per heavy atom. The van der Waals surface area contributed by atoms with Gasteiger partial charge in [0.05, 0.1) is 6.10 Å². The number of anilines is 1. The fourth-order valence-corrected chi connectivity index (χ4v) is 1.87. The molecule has 1 fully saturated rings. The van der Waals surface area contributed by atoms with Gasteiger partial charge in [0.2, 0.25) is 0 Å². The molecule has 3 nitrogen and oxygen atoms in total. The maximum Gasteiger partial charge on any atom is 0.0679 e. The highest BCUT2D eigenvalue weighted by atomic mass is 16.3. The molecule has 0 radical (unpaired) electrons. The van der Waals surface area contributed by atoms with Gasteiger partial charge in [0, 0.05) is 25.3 Å². The molecule has 3 heteroatoms. The van der Waals surface area contributed by atoms with Gasteiger partial charge >= 0.3 is 0 Å². The van der Waals surface area contributed by atoms with Crippen molar-refractivity contribution < 1.29 is 5.11 Å². The van der Waals surface area contributed by atoms with E-state index in [0.29, 0.717) is 0 Å². The van der Waals surface area contributed by atoms with E-state index in [1.54, 1.807) is 0 Å². The number of likely N-dealkylation sites (tertiary alicyclic amines) is 1. The Morgan fingerprint density at radius 3 is 2.86 bits per heavy atom. The number of hydrogen-bond acceptors (Lipinski definition) is 3. The summed E-state index contributed by atoms with van der Waals surface area (Å²) in [5, 5.41) is 9.37. The number of hydrogen-bond donors (Lipinski definition) is 2. The molecule has 1 aromatic carbocycles. The maximum absolute atomic E-state index is 9.37. The molecule has 0 spiro atoms. The van der Waals surface area contributed by atoms with Crippen LogP contribution in [0.3, 0.4) is 0 Å². The molecule has 3 N–H and O–H groups in total. The van der Waals surface area contributed by atoms with Crippen LogP contribution in [0.25, 0.3) is 0 Å². The van der Waals surface area contributed by atoms with Gasteiger partial charge < -0.3 is 10.8 Å². The fourth-order valence-electron chi connectivity index (χ4n) is 1.87. The van der Waals surface area contributed by atoms with Crippen molar-refractivity contribution in [1.82, 2.24) is 4.90 Å². The highest BCUT2D eigenvalue weighted by molar-refractivity contribution is 5.46. The number of aliphatic hydroxyl groups is 1. The van der Waals surface area contributed by atoms with Crippen LogP contribution in [0.4, 0.5) is 5.69 Å². The summed E-state index contributed by atoms with van der Waals surface area (Å²) in [6.45, 7) is 2.59. The lowest BCUT2D eigenvalue weighted by molar-refractivity contribution is 0.175. The lowest BCUT2D eigenvalue weighted by Gasteiger charge is -2.15. The normalized spacial score (nSPS) is 22.8. The van der Waals surface area contributed by atoms with Crippen molar-refractivity contribution >= 4 is 5.69 Å². The van der Waals surface area contributed by atoms with Crippen molar-refractivity contribution in [2.75, 3.05) is 18.8 Å². The zero-order chi connectivity index (χ0) is 9.97. The van der Waals surface area contributed by atoms with Crippen LogP contribution in [0.2, 0.25) is 0 Å². The van der Waals surface area contributed by atoms with Gasteiger partial charge in [-0.15, -0.1) is 0 Å². The van der Waals surface area contributed by atoms with Crippen LogP contribution in [0.15, 0.2) is 24.3 Å².